The molecule has 0 aliphatic carbocycles. The van der Waals surface area contributed by atoms with Gasteiger partial charge in [-0.15, -0.1) is 6.58 Å². The fourth-order valence-corrected chi connectivity index (χ4v) is 2.75. The second-order valence-corrected chi connectivity index (χ2v) is 6.46. The van der Waals surface area contributed by atoms with E-state index in [0.717, 1.165) is 11.2 Å². The maximum absolute atomic E-state index is 10.7. The normalized spacial score (nSPS) is 22.5. The summed E-state index contributed by atoms with van der Waals surface area (Å²) in [6.45, 7) is 6.07. The Morgan fingerprint density at radius 3 is 2.24 bits per heavy atom. The second-order valence-electron chi connectivity index (χ2n) is 3.61. The van der Waals surface area contributed by atoms with E-state index in [1.165, 1.54) is 18.6 Å². The molecule has 2 atom stereocenters. The number of hydrogen-bond acceptors (Lipinski definition) is 3. The lowest BCUT2D eigenvalue weighted by atomic mass is 10.0. The maximum Gasteiger partial charge on any atom is 0.485 e. The van der Waals surface area contributed by atoms with Crippen molar-refractivity contribution in [2.75, 3.05) is 5.75 Å². The van der Waals surface area contributed by atoms with Crippen LogP contribution in [-0.2, 0) is 21.9 Å². The first kappa shape index (κ1) is 16.8. The number of halogens is 3. The van der Waals surface area contributed by atoms with E-state index in [-0.39, 0.29) is 0 Å². The molecule has 3 nitrogen and oxygen atoms in total. The number of alkyl halides is 3. The topological polar surface area (TPSA) is 57.2 Å². The Balaban J connectivity index is 0.000000304. The van der Waals surface area contributed by atoms with Gasteiger partial charge in [-0.05, 0) is 24.6 Å². The largest absolute Gasteiger partial charge is 0.741 e. The van der Waals surface area contributed by atoms with Crippen molar-refractivity contribution < 1.29 is 26.1 Å². The van der Waals surface area contributed by atoms with Crippen LogP contribution in [0, 0.1) is 5.92 Å². The molecule has 8 heteroatoms. The van der Waals surface area contributed by atoms with Crippen molar-refractivity contribution in [2.24, 2.45) is 5.92 Å². The molecule has 0 aromatic carbocycles. The van der Waals surface area contributed by atoms with Gasteiger partial charge in [0, 0.05) is 5.92 Å². The molecule has 17 heavy (non-hydrogen) atoms. The van der Waals surface area contributed by atoms with Crippen LogP contribution in [0.25, 0.3) is 0 Å². The molecule has 0 radical (unpaired) electrons. The molecule has 1 aliphatic heterocycles. The predicted molar refractivity (Wildman–Crippen MR) is 61.8 cm³/mol. The number of allylic oxidation sites excluding steroid dienone is 1. The summed E-state index contributed by atoms with van der Waals surface area (Å²) < 4.78 is 58.9. The first-order valence-electron chi connectivity index (χ1n) is 4.91. The number of thiol groups is 1. The molecule has 1 fully saturated rings. The molecule has 1 heterocycles. The third-order valence-corrected chi connectivity index (χ3v) is 4.62. The lowest BCUT2D eigenvalue weighted by Gasteiger charge is -2.08. The molecule has 0 amide bonds. The number of rotatable bonds is 2. The van der Waals surface area contributed by atoms with E-state index in [4.69, 9.17) is 13.0 Å². The van der Waals surface area contributed by atoms with Crippen LogP contribution in [0.5, 0.6) is 0 Å². The standard InChI is InChI=1S/C8H14S.CHF3O3S/c1-3-7(2)8-5-4-6-9-8;2-1(3,4)8(5,6)7/h3,7-8H,1,4-6H2,2H3;(H,5,6,7). The molecule has 0 spiro atoms. The summed E-state index contributed by atoms with van der Waals surface area (Å²) in [6.07, 6.45) is 4.95. The maximum atomic E-state index is 10.7. The Morgan fingerprint density at radius 1 is 1.53 bits per heavy atom. The van der Waals surface area contributed by atoms with Gasteiger partial charge in [0.1, 0.15) is 11.0 Å². The highest BCUT2D eigenvalue weighted by molar-refractivity contribution is 7.86. The van der Waals surface area contributed by atoms with Crippen molar-refractivity contribution in [3.05, 3.63) is 12.7 Å². The average Bonchev–Trinajstić information content (AvgIpc) is 2.67. The van der Waals surface area contributed by atoms with E-state index in [1.807, 2.05) is 0 Å². The van der Waals surface area contributed by atoms with Gasteiger partial charge in [0.2, 0.25) is 0 Å². The third-order valence-electron chi connectivity index (χ3n) is 2.28. The van der Waals surface area contributed by atoms with Crippen molar-refractivity contribution >= 4 is 21.9 Å². The molecule has 1 saturated heterocycles. The van der Waals surface area contributed by atoms with Gasteiger partial charge in [-0.2, -0.15) is 13.2 Å². The highest BCUT2D eigenvalue weighted by Crippen LogP contribution is 2.21. The zero-order valence-electron chi connectivity index (χ0n) is 9.27. The van der Waals surface area contributed by atoms with Crippen LogP contribution in [0.1, 0.15) is 19.8 Å². The van der Waals surface area contributed by atoms with E-state index in [1.54, 1.807) is 11.8 Å². The summed E-state index contributed by atoms with van der Waals surface area (Å²) in [4.78, 5) is 0. The SMILES string of the molecule is C=CC(C)C1CCC[SH+]1.O=S(=O)([O-])C(F)(F)F. The first-order chi connectivity index (χ1) is 7.59. The second kappa shape index (κ2) is 6.65. The van der Waals surface area contributed by atoms with Gasteiger partial charge in [0.25, 0.3) is 0 Å². The van der Waals surface area contributed by atoms with Gasteiger partial charge in [0.15, 0.2) is 10.1 Å². The van der Waals surface area contributed by atoms with E-state index < -0.39 is 15.6 Å². The number of hydrogen-bond donors (Lipinski definition) is 0. The lowest BCUT2D eigenvalue weighted by molar-refractivity contribution is -0.0517. The lowest BCUT2D eigenvalue weighted by Crippen LogP contribution is -2.21. The van der Waals surface area contributed by atoms with Crippen molar-refractivity contribution in [3.8, 4) is 0 Å². The molecule has 0 N–H and O–H groups in total. The van der Waals surface area contributed by atoms with E-state index >= 15 is 0 Å². The Kier molecular flexibility index (Phi) is 6.57. The minimum absolute atomic E-state index is 0.745. The van der Waals surface area contributed by atoms with Gasteiger partial charge in [-0.1, -0.05) is 13.0 Å². The molecular weight excluding hydrogens is 277 g/mol. The molecule has 2 unspecified atom stereocenters. The quantitative estimate of drug-likeness (QED) is 0.256. The van der Waals surface area contributed by atoms with E-state index in [0.29, 0.717) is 0 Å². The van der Waals surface area contributed by atoms with Crippen LogP contribution >= 0.6 is 0 Å². The van der Waals surface area contributed by atoms with Crippen LogP contribution < -0.4 is 0 Å². The average molecular weight is 292 g/mol. The molecule has 102 valence electrons. The molecule has 0 aromatic rings. The van der Waals surface area contributed by atoms with Crippen LogP contribution in [0.15, 0.2) is 12.7 Å². The van der Waals surface area contributed by atoms with Crippen LogP contribution in [0.2, 0.25) is 0 Å². The highest BCUT2D eigenvalue weighted by Gasteiger charge is 2.36. The van der Waals surface area contributed by atoms with E-state index in [2.05, 4.69) is 19.6 Å². The minimum atomic E-state index is -6.09. The Morgan fingerprint density at radius 2 is 2.00 bits per heavy atom. The summed E-state index contributed by atoms with van der Waals surface area (Å²) in [5.41, 5.74) is -5.65. The van der Waals surface area contributed by atoms with Crippen molar-refractivity contribution in [1.82, 2.24) is 0 Å². The van der Waals surface area contributed by atoms with Crippen LogP contribution in [0.4, 0.5) is 13.2 Å². The van der Waals surface area contributed by atoms with Gasteiger partial charge < -0.3 is 4.55 Å². The van der Waals surface area contributed by atoms with Crippen molar-refractivity contribution in [2.45, 2.75) is 30.5 Å². The fraction of sp³-hybridized carbons (Fsp3) is 0.778. The van der Waals surface area contributed by atoms with Gasteiger partial charge >= 0.3 is 5.51 Å². The molecular formula is C9H15F3O3S2. The Hall–Kier alpha value is -0.210. The van der Waals surface area contributed by atoms with Crippen LogP contribution in [0.3, 0.4) is 0 Å². The summed E-state index contributed by atoms with van der Waals surface area (Å²) in [5, 5.41) is 0.933. The summed E-state index contributed by atoms with van der Waals surface area (Å²) in [6, 6.07) is 0. The summed E-state index contributed by atoms with van der Waals surface area (Å²) in [7, 11) is -6.09. The van der Waals surface area contributed by atoms with Gasteiger partial charge in [-0.3, -0.25) is 0 Å². The molecule has 0 saturated carbocycles. The first-order valence-corrected chi connectivity index (χ1v) is 7.46. The Bertz CT molecular complexity index is 332. The molecule has 1 rings (SSSR count). The van der Waals surface area contributed by atoms with Gasteiger partial charge in [-0.25, -0.2) is 8.42 Å². The highest BCUT2D eigenvalue weighted by atomic mass is 32.2. The molecule has 1 aliphatic rings. The monoisotopic (exact) mass is 292 g/mol. The summed E-state index contributed by atoms with van der Waals surface area (Å²) >= 11 is 1.66. The van der Waals surface area contributed by atoms with Crippen molar-refractivity contribution in [1.29, 1.82) is 0 Å². The zero-order chi connectivity index (χ0) is 13.7. The molecule has 0 aromatic heterocycles. The summed E-state index contributed by atoms with van der Waals surface area (Å²) in [5.74, 6) is 2.16. The van der Waals surface area contributed by atoms with Crippen molar-refractivity contribution in [3.63, 3.8) is 0 Å². The zero-order valence-corrected chi connectivity index (χ0v) is 11.0. The fourth-order valence-electron chi connectivity index (χ4n) is 1.24. The minimum Gasteiger partial charge on any atom is -0.741 e. The van der Waals surface area contributed by atoms with Crippen LogP contribution in [-0.4, -0.2) is 29.5 Å². The third kappa shape index (κ3) is 6.32. The van der Waals surface area contributed by atoms with E-state index in [9.17, 15) is 13.2 Å². The predicted octanol–water partition coefficient (Wildman–Crippen LogP) is 1.84. The Labute approximate surface area is 103 Å². The molecule has 0 bridgehead atoms. The van der Waals surface area contributed by atoms with Gasteiger partial charge in [0.05, 0.1) is 0 Å². The smallest absolute Gasteiger partial charge is 0.485 e.